The average molecular weight is 201 g/mol. The first-order valence-electron chi connectivity index (χ1n) is 4.85. The van der Waals surface area contributed by atoms with Crippen molar-refractivity contribution < 1.29 is 10.3 Å². The molecule has 0 spiro atoms. The molecular weight excluding hydrogens is 182 g/mol. The Labute approximate surface area is 84.2 Å². The third kappa shape index (κ3) is 2.77. The third-order valence-corrected chi connectivity index (χ3v) is 2.57. The summed E-state index contributed by atoms with van der Waals surface area (Å²) in [5.74, 6) is 0.132. The molecule has 1 rings (SSSR count). The highest BCUT2D eigenvalue weighted by molar-refractivity contribution is 5.77. The Balaban J connectivity index is 2.72. The van der Waals surface area contributed by atoms with Crippen LogP contribution in [-0.4, -0.2) is 40.4 Å². The van der Waals surface area contributed by atoms with Gasteiger partial charge in [0.2, 0.25) is 5.96 Å². The highest BCUT2D eigenvalue weighted by Gasteiger charge is 2.29. The van der Waals surface area contributed by atoms with Gasteiger partial charge in [-0.2, -0.15) is 0 Å². The van der Waals surface area contributed by atoms with Crippen molar-refractivity contribution in [2.75, 3.05) is 13.1 Å². The topological polar surface area (TPSA) is 82.1 Å². The van der Waals surface area contributed by atoms with Crippen molar-refractivity contribution in [2.24, 2.45) is 16.3 Å². The zero-order chi connectivity index (χ0) is 10.8. The van der Waals surface area contributed by atoms with Gasteiger partial charge in [0.25, 0.3) is 0 Å². The molecule has 14 heavy (non-hydrogen) atoms. The number of oxime groups is 1. The Hall–Kier alpha value is -0.970. The van der Waals surface area contributed by atoms with Gasteiger partial charge in [-0.15, -0.1) is 0 Å². The maximum absolute atomic E-state index is 9.63. The van der Waals surface area contributed by atoms with Gasteiger partial charge in [-0.05, 0) is 18.3 Å². The molecule has 0 aromatic heterocycles. The fourth-order valence-electron chi connectivity index (χ4n) is 1.96. The van der Waals surface area contributed by atoms with Crippen LogP contribution in [0.3, 0.4) is 0 Å². The quantitative estimate of drug-likeness (QED) is 0.226. The number of guanidine groups is 1. The summed E-state index contributed by atoms with van der Waals surface area (Å²) in [5, 5.41) is 21.2. The minimum Gasteiger partial charge on any atom is -0.408 e. The molecule has 1 atom stereocenters. The lowest BCUT2D eigenvalue weighted by molar-refractivity contribution is 0.122. The zero-order valence-corrected chi connectivity index (χ0v) is 8.77. The predicted octanol–water partition coefficient (Wildman–Crippen LogP) is 0.173. The number of rotatable bonds is 0. The number of nitrogens with zero attached hydrogens (tertiary/aromatic N) is 2. The monoisotopic (exact) mass is 201 g/mol. The molecule has 1 fully saturated rings. The molecule has 1 unspecified atom stereocenters. The second kappa shape index (κ2) is 4.04. The first-order chi connectivity index (χ1) is 6.44. The van der Waals surface area contributed by atoms with Gasteiger partial charge in [0.15, 0.2) is 0 Å². The standard InChI is InChI=1S/C9H19N3O2/c1-9(2)5-7(13)3-4-12(6-9)8(10)11-14/h7,13-14H,3-6H2,1-2H3,(H2,10,11). The van der Waals surface area contributed by atoms with Gasteiger partial charge in [0.1, 0.15) is 0 Å². The smallest absolute Gasteiger partial charge is 0.233 e. The molecule has 5 nitrogen and oxygen atoms in total. The minimum absolute atomic E-state index is 0.00870. The van der Waals surface area contributed by atoms with E-state index in [1.165, 1.54) is 0 Å². The van der Waals surface area contributed by atoms with Crippen LogP contribution in [0.25, 0.3) is 0 Å². The van der Waals surface area contributed by atoms with Crippen molar-refractivity contribution in [3.05, 3.63) is 0 Å². The zero-order valence-electron chi connectivity index (χ0n) is 8.77. The molecule has 4 N–H and O–H groups in total. The van der Waals surface area contributed by atoms with Gasteiger partial charge in [0, 0.05) is 13.1 Å². The summed E-state index contributed by atoms with van der Waals surface area (Å²) >= 11 is 0. The minimum atomic E-state index is -0.290. The lowest BCUT2D eigenvalue weighted by Crippen LogP contribution is -2.42. The largest absolute Gasteiger partial charge is 0.408 e. The summed E-state index contributed by atoms with van der Waals surface area (Å²) in [6, 6.07) is 0. The molecule has 0 aliphatic carbocycles. The maximum atomic E-state index is 9.63. The van der Waals surface area contributed by atoms with Crippen molar-refractivity contribution in [3.63, 3.8) is 0 Å². The maximum Gasteiger partial charge on any atom is 0.233 e. The van der Waals surface area contributed by atoms with E-state index < -0.39 is 0 Å². The number of aliphatic hydroxyl groups is 1. The number of likely N-dealkylation sites (tertiary alicyclic amines) is 1. The third-order valence-electron chi connectivity index (χ3n) is 2.57. The molecule has 1 heterocycles. The van der Waals surface area contributed by atoms with Crippen LogP contribution >= 0.6 is 0 Å². The predicted molar refractivity (Wildman–Crippen MR) is 54.0 cm³/mol. The molecule has 0 amide bonds. The fourth-order valence-corrected chi connectivity index (χ4v) is 1.96. The lowest BCUT2D eigenvalue weighted by Gasteiger charge is -2.29. The molecule has 5 heteroatoms. The van der Waals surface area contributed by atoms with Gasteiger partial charge in [-0.1, -0.05) is 19.0 Å². The van der Waals surface area contributed by atoms with E-state index in [0.717, 1.165) is 6.42 Å². The molecule has 0 aromatic carbocycles. The van der Waals surface area contributed by atoms with Gasteiger partial charge in [0.05, 0.1) is 6.10 Å². The van der Waals surface area contributed by atoms with Crippen molar-refractivity contribution in [1.82, 2.24) is 4.90 Å². The Bertz CT molecular complexity index is 228. The van der Waals surface area contributed by atoms with E-state index in [1.54, 1.807) is 4.90 Å². The molecule has 1 saturated heterocycles. The Morgan fingerprint density at radius 2 is 2.21 bits per heavy atom. The van der Waals surface area contributed by atoms with Crippen LogP contribution in [0.1, 0.15) is 26.7 Å². The SMILES string of the molecule is CC1(C)CC(O)CCN(/C(N)=N/O)C1. The summed E-state index contributed by atoms with van der Waals surface area (Å²) in [6.07, 6.45) is 1.13. The van der Waals surface area contributed by atoms with E-state index in [4.69, 9.17) is 10.9 Å². The van der Waals surface area contributed by atoms with Crippen molar-refractivity contribution in [1.29, 1.82) is 0 Å². The Morgan fingerprint density at radius 3 is 2.79 bits per heavy atom. The normalized spacial score (nSPS) is 28.6. The summed E-state index contributed by atoms with van der Waals surface area (Å²) < 4.78 is 0. The number of aliphatic hydroxyl groups excluding tert-OH is 1. The van der Waals surface area contributed by atoms with Crippen LogP contribution in [0, 0.1) is 5.41 Å². The number of nitrogens with two attached hydrogens (primary N) is 1. The van der Waals surface area contributed by atoms with Gasteiger partial charge in [-0.25, -0.2) is 0 Å². The molecule has 1 aliphatic heterocycles. The first-order valence-corrected chi connectivity index (χ1v) is 4.85. The Morgan fingerprint density at radius 1 is 1.57 bits per heavy atom. The van der Waals surface area contributed by atoms with E-state index in [9.17, 15) is 5.11 Å². The molecule has 1 aliphatic rings. The van der Waals surface area contributed by atoms with Gasteiger partial charge < -0.3 is 20.9 Å². The molecule has 0 bridgehead atoms. The highest BCUT2D eigenvalue weighted by atomic mass is 16.4. The molecule has 0 aromatic rings. The molecular formula is C9H19N3O2. The number of hydrogen-bond donors (Lipinski definition) is 3. The lowest BCUT2D eigenvalue weighted by atomic mass is 9.87. The van der Waals surface area contributed by atoms with Crippen LogP contribution in [0.5, 0.6) is 0 Å². The summed E-state index contributed by atoms with van der Waals surface area (Å²) in [6.45, 7) is 5.48. The molecule has 82 valence electrons. The van der Waals surface area contributed by atoms with Gasteiger partial charge in [-0.3, -0.25) is 0 Å². The van der Waals surface area contributed by atoms with Crippen molar-refractivity contribution in [3.8, 4) is 0 Å². The Kier molecular flexibility index (Phi) is 3.21. The van der Waals surface area contributed by atoms with E-state index in [1.807, 2.05) is 0 Å². The molecule has 0 radical (unpaired) electrons. The average Bonchev–Trinajstić information content (AvgIpc) is 2.22. The van der Waals surface area contributed by atoms with E-state index in [2.05, 4.69) is 19.0 Å². The summed E-state index contributed by atoms with van der Waals surface area (Å²) in [5.41, 5.74) is 5.52. The van der Waals surface area contributed by atoms with Crippen molar-refractivity contribution in [2.45, 2.75) is 32.8 Å². The van der Waals surface area contributed by atoms with Crippen molar-refractivity contribution >= 4 is 5.96 Å². The van der Waals surface area contributed by atoms with Gasteiger partial charge >= 0.3 is 0 Å². The van der Waals surface area contributed by atoms with E-state index >= 15 is 0 Å². The fraction of sp³-hybridized carbons (Fsp3) is 0.889. The van der Waals surface area contributed by atoms with Crippen LogP contribution in [0.2, 0.25) is 0 Å². The highest BCUT2D eigenvalue weighted by Crippen LogP contribution is 2.27. The first kappa shape index (κ1) is 11.1. The second-order valence-electron chi connectivity index (χ2n) is 4.69. The van der Waals surface area contributed by atoms with Crippen LogP contribution in [0.15, 0.2) is 5.16 Å². The number of hydrogen-bond acceptors (Lipinski definition) is 3. The van der Waals surface area contributed by atoms with E-state index in [-0.39, 0.29) is 17.5 Å². The summed E-state index contributed by atoms with van der Waals surface area (Å²) in [4.78, 5) is 1.80. The van der Waals surface area contributed by atoms with Crippen LogP contribution in [0.4, 0.5) is 0 Å². The summed E-state index contributed by atoms with van der Waals surface area (Å²) in [7, 11) is 0. The van der Waals surface area contributed by atoms with E-state index in [0.29, 0.717) is 19.5 Å². The van der Waals surface area contributed by atoms with Crippen LogP contribution < -0.4 is 5.73 Å². The second-order valence-corrected chi connectivity index (χ2v) is 4.69. The molecule has 0 saturated carbocycles. The van der Waals surface area contributed by atoms with Crippen LogP contribution in [-0.2, 0) is 0 Å².